The Hall–Kier alpha value is -2.05. The van der Waals surface area contributed by atoms with Gasteiger partial charge in [0.2, 0.25) is 0 Å². The minimum atomic E-state index is -0.426. The molecule has 2 aromatic heterocycles. The van der Waals surface area contributed by atoms with Gasteiger partial charge in [0.25, 0.3) is 5.69 Å². The quantitative estimate of drug-likeness (QED) is 0.710. The number of nitrogens with zero attached hydrogens (tertiary/aromatic N) is 3. The predicted molar refractivity (Wildman–Crippen MR) is 101 cm³/mol. The maximum atomic E-state index is 12.9. The van der Waals surface area contributed by atoms with E-state index in [9.17, 15) is 4.39 Å². The number of halogens is 1. The monoisotopic (exact) mass is 369 g/mol. The Morgan fingerprint density at radius 2 is 2.04 bits per heavy atom. The molecule has 6 rings (SSSR count). The Morgan fingerprint density at radius 1 is 1.19 bits per heavy atom. The molecule has 0 aliphatic carbocycles. The van der Waals surface area contributed by atoms with Gasteiger partial charge in [-0.15, -0.1) is 11.3 Å². The summed E-state index contributed by atoms with van der Waals surface area (Å²) in [5.41, 5.74) is 2.77. The summed E-state index contributed by atoms with van der Waals surface area (Å²) in [6, 6.07) is 12.4. The van der Waals surface area contributed by atoms with Gasteiger partial charge in [-0.05, 0) is 55.3 Å². The minimum absolute atomic E-state index is 0.426. The van der Waals surface area contributed by atoms with Crippen LogP contribution in [-0.4, -0.2) is 34.8 Å². The van der Waals surface area contributed by atoms with Gasteiger partial charge in [-0.1, -0.05) is 23.4 Å². The SMILES string of the molecule is FCc1cccc(-c2ccc(-c3c[n+]([C@H]4CN5CCC4CC5)[nH]n3)s2)c1. The van der Waals surface area contributed by atoms with Crippen LogP contribution in [0.4, 0.5) is 4.39 Å². The van der Waals surface area contributed by atoms with Crippen LogP contribution in [0, 0.1) is 5.92 Å². The van der Waals surface area contributed by atoms with Crippen molar-refractivity contribution >= 4 is 11.3 Å². The number of aromatic nitrogens is 3. The van der Waals surface area contributed by atoms with Crippen molar-refractivity contribution in [3.63, 3.8) is 0 Å². The maximum Gasteiger partial charge on any atom is 0.258 e. The molecule has 3 fully saturated rings. The van der Waals surface area contributed by atoms with Crippen LogP contribution >= 0.6 is 11.3 Å². The largest absolute Gasteiger partial charge is 0.299 e. The van der Waals surface area contributed by atoms with Crippen molar-refractivity contribution in [1.29, 1.82) is 0 Å². The van der Waals surface area contributed by atoms with Crippen molar-refractivity contribution in [3.05, 3.63) is 48.2 Å². The number of aromatic amines is 1. The van der Waals surface area contributed by atoms with Gasteiger partial charge in [0, 0.05) is 22.4 Å². The van der Waals surface area contributed by atoms with Crippen LogP contribution in [0.5, 0.6) is 0 Å². The van der Waals surface area contributed by atoms with E-state index in [1.54, 1.807) is 11.3 Å². The molecule has 3 aromatic rings. The number of rotatable bonds is 4. The number of nitrogens with one attached hydrogen (secondary N) is 1. The van der Waals surface area contributed by atoms with Gasteiger partial charge in [0.15, 0.2) is 6.20 Å². The zero-order valence-electron chi connectivity index (χ0n) is 14.6. The molecule has 3 aliphatic rings. The number of benzene rings is 1. The summed E-state index contributed by atoms with van der Waals surface area (Å²) in [6.07, 6.45) is 4.74. The average molecular weight is 369 g/mol. The number of hydrogen-bond donors (Lipinski definition) is 1. The summed E-state index contributed by atoms with van der Waals surface area (Å²) in [5, 5.41) is 7.78. The molecule has 6 heteroatoms. The van der Waals surface area contributed by atoms with Crippen LogP contribution in [0.15, 0.2) is 42.6 Å². The van der Waals surface area contributed by atoms with Gasteiger partial charge < -0.3 is 0 Å². The number of alkyl halides is 1. The molecule has 0 saturated carbocycles. The van der Waals surface area contributed by atoms with Crippen LogP contribution in [0.25, 0.3) is 21.0 Å². The summed E-state index contributed by atoms with van der Waals surface area (Å²) in [4.78, 5) is 4.84. The Morgan fingerprint density at radius 3 is 2.81 bits per heavy atom. The summed E-state index contributed by atoms with van der Waals surface area (Å²) in [6.45, 7) is 3.19. The second-order valence-corrected chi connectivity index (χ2v) is 8.42. The van der Waals surface area contributed by atoms with Crippen molar-refractivity contribution in [2.75, 3.05) is 19.6 Å². The van der Waals surface area contributed by atoms with Crippen LogP contribution in [0.3, 0.4) is 0 Å². The molecule has 2 bridgehead atoms. The normalized spacial score (nSPS) is 24.9. The van der Waals surface area contributed by atoms with Crippen molar-refractivity contribution < 1.29 is 9.07 Å². The van der Waals surface area contributed by atoms with Gasteiger partial charge in [0.05, 0.1) is 4.88 Å². The van der Waals surface area contributed by atoms with Crippen molar-refractivity contribution in [1.82, 2.24) is 15.2 Å². The van der Waals surface area contributed by atoms with Gasteiger partial charge in [-0.3, -0.25) is 4.90 Å². The lowest BCUT2D eigenvalue weighted by atomic mass is 9.84. The van der Waals surface area contributed by atoms with Crippen LogP contribution < -0.4 is 4.68 Å². The first-order valence-electron chi connectivity index (χ1n) is 9.24. The number of fused-ring (bicyclic) bond motifs is 3. The highest BCUT2D eigenvalue weighted by molar-refractivity contribution is 7.18. The van der Waals surface area contributed by atoms with E-state index in [4.69, 9.17) is 0 Å². The van der Waals surface area contributed by atoms with E-state index in [1.165, 1.54) is 25.9 Å². The summed E-state index contributed by atoms with van der Waals surface area (Å²) in [5.74, 6) is 0.764. The fourth-order valence-corrected chi connectivity index (χ4v) is 5.23. The number of H-pyrrole nitrogens is 1. The lowest BCUT2D eigenvalue weighted by Crippen LogP contribution is -2.58. The van der Waals surface area contributed by atoms with E-state index in [0.29, 0.717) is 6.04 Å². The van der Waals surface area contributed by atoms with Crippen LogP contribution in [-0.2, 0) is 6.67 Å². The lowest BCUT2D eigenvalue weighted by Gasteiger charge is -2.42. The van der Waals surface area contributed by atoms with Crippen LogP contribution in [0.1, 0.15) is 24.4 Å². The second-order valence-electron chi connectivity index (χ2n) is 7.34. The van der Waals surface area contributed by atoms with E-state index in [1.807, 2.05) is 24.3 Å². The smallest absolute Gasteiger partial charge is 0.258 e. The fourth-order valence-electron chi connectivity index (χ4n) is 4.28. The van der Waals surface area contributed by atoms with E-state index >= 15 is 0 Å². The molecule has 0 radical (unpaired) electrons. The van der Waals surface area contributed by atoms with E-state index in [0.717, 1.165) is 39.0 Å². The fraction of sp³-hybridized carbons (Fsp3) is 0.400. The Kier molecular flexibility index (Phi) is 4.10. The van der Waals surface area contributed by atoms with Gasteiger partial charge in [0.1, 0.15) is 12.7 Å². The van der Waals surface area contributed by atoms with Gasteiger partial charge in [-0.2, -0.15) is 4.68 Å². The molecule has 26 heavy (non-hydrogen) atoms. The zero-order chi connectivity index (χ0) is 17.5. The van der Waals surface area contributed by atoms with Crippen molar-refractivity contribution in [2.45, 2.75) is 25.6 Å². The highest BCUT2D eigenvalue weighted by Gasteiger charge is 2.38. The molecule has 0 amide bonds. The Bertz CT molecular complexity index is 910. The molecule has 5 heterocycles. The molecule has 134 valence electrons. The Balaban J connectivity index is 1.39. The molecule has 1 aromatic carbocycles. The first kappa shape index (κ1) is 16.1. The molecule has 1 N–H and O–H groups in total. The third-order valence-electron chi connectivity index (χ3n) is 5.75. The van der Waals surface area contributed by atoms with Crippen molar-refractivity contribution in [3.8, 4) is 21.0 Å². The van der Waals surface area contributed by atoms with E-state index in [-0.39, 0.29) is 0 Å². The number of piperidine rings is 3. The summed E-state index contributed by atoms with van der Waals surface area (Å²) in [7, 11) is 0. The molecule has 3 saturated heterocycles. The topological polar surface area (TPSA) is 35.8 Å². The highest BCUT2D eigenvalue weighted by Crippen LogP contribution is 2.35. The third kappa shape index (κ3) is 2.87. The van der Waals surface area contributed by atoms with Crippen molar-refractivity contribution in [2.24, 2.45) is 5.92 Å². The number of hydrogen-bond acceptors (Lipinski definition) is 3. The van der Waals surface area contributed by atoms with Gasteiger partial charge in [-0.25, -0.2) is 4.39 Å². The molecule has 1 atom stereocenters. The molecule has 4 nitrogen and oxygen atoms in total. The summed E-state index contributed by atoms with van der Waals surface area (Å²) >= 11 is 1.70. The minimum Gasteiger partial charge on any atom is -0.299 e. The highest BCUT2D eigenvalue weighted by atomic mass is 32.1. The third-order valence-corrected chi connectivity index (χ3v) is 6.91. The molecular formula is C20H22FN4S+. The molecule has 3 aliphatic heterocycles. The molecule has 0 unspecified atom stereocenters. The Labute approximate surface area is 156 Å². The van der Waals surface area contributed by atoms with Crippen LogP contribution in [0.2, 0.25) is 0 Å². The first-order chi connectivity index (χ1) is 12.8. The standard InChI is InChI=1S/C20H21FN4S/c21-11-14-2-1-3-16(10-14)19-4-5-20(26-19)17-12-25(23-22-17)18-13-24-8-6-15(18)7-9-24/h1-5,10,12,15,18H,6-9,11,13H2/p+1/t18-/m0/s1. The first-order valence-corrected chi connectivity index (χ1v) is 10.1. The summed E-state index contributed by atoms with van der Waals surface area (Å²) < 4.78 is 15.1. The van der Waals surface area contributed by atoms with E-state index in [2.05, 4.69) is 38.2 Å². The second kappa shape index (κ2) is 6.59. The van der Waals surface area contributed by atoms with E-state index < -0.39 is 6.67 Å². The average Bonchev–Trinajstić information content (AvgIpc) is 3.38. The maximum absolute atomic E-state index is 12.9. The van der Waals surface area contributed by atoms with Gasteiger partial charge >= 0.3 is 0 Å². The number of thiophene rings is 1. The predicted octanol–water partition coefficient (Wildman–Crippen LogP) is 3.83. The lowest BCUT2D eigenvalue weighted by molar-refractivity contribution is -0.786. The molecule has 0 spiro atoms. The molecular weight excluding hydrogens is 347 g/mol. The zero-order valence-corrected chi connectivity index (χ0v) is 15.4.